The molecule has 0 radical (unpaired) electrons. The van der Waals surface area contributed by atoms with Gasteiger partial charge in [-0.15, -0.1) is 0 Å². The fraction of sp³-hybridized carbons (Fsp3) is 0.238. The Morgan fingerprint density at radius 2 is 2.14 bits per heavy atom. The van der Waals surface area contributed by atoms with E-state index in [0.717, 1.165) is 18.2 Å². The average Bonchev–Trinajstić information content (AvgIpc) is 3.43. The van der Waals surface area contributed by atoms with E-state index in [1.165, 1.54) is 23.5 Å². The molecule has 1 amide bonds. The van der Waals surface area contributed by atoms with E-state index in [1.54, 1.807) is 17.0 Å². The summed E-state index contributed by atoms with van der Waals surface area (Å²) in [5.41, 5.74) is 1.32. The molecule has 5 nitrogen and oxygen atoms in total. The molecule has 7 heteroatoms. The number of ether oxygens (including phenoxy) is 1. The van der Waals surface area contributed by atoms with E-state index >= 15 is 0 Å². The van der Waals surface area contributed by atoms with Gasteiger partial charge in [-0.1, -0.05) is 29.5 Å². The molecule has 1 saturated heterocycles. The second-order valence-corrected chi connectivity index (χ2v) is 7.82. The maximum atomic E-state index is 13.6. The maximum Gasteiger partial charge on any atom is 0.295 e. The molecule has 5 rings (SSSR count). The Morgan fingerprint density at radius 1 is 1.25 bits per heavy atom. The molecule has 2 aromatic carbocycles. The number of para-hydroxylation sites is 1. The van der Waals surface area contributed by atoms with Gasteiger partial charge >= 0.3 is 0 Å². The molecule has 0 aliphatic carbocycles. The Kier molecular flexibility index (Phi) is 4.33. The number of hydrogen-bond donors (Lipinski definition) is 0. The summed E-state index contributed by atoms with van der Waals surface area (Å²) in [5, 5.41) is 1.39. The highest BCUT2D eigenvalue weighted by Crippen LogP contribution is 2.32. The predicted octanol–water partition coefficient (Wildman–Crippen LogP) is 5.01. The number of thiazole rings is 1. The van der Waals surface area contributed by atoms with Crippen molar-refractivity contribution < 1.29 is 18.3 Å². The van der Waals surface area contributed by atoms with Crippen LogP contribution in [0.15, 0.2) is 52.9 Å². The number of hydrogen-bond acceptors (Lipinski definition) is 5. The molecule has 0 spiro atoms. The molecular formula is C21H17FN2O3S. The van der Waals surface area contributed by atoms with Gasteiger partial charge in [0.25, 0.3) is 5.91 Å². The van der Waals surface area contributed by atoms with Crippen molar-refractivity contribution in [2.45, 2.75) is 18.9 Å². The predicted molar refractivity (Wildman–Crippen MR) is 106 cm³/mol. The zero-order valence-corrected chi connectivity index (χ0v) is 15.7. The average molecular weight is 396 g/mol. The molecule has 1 atom stereocenters. The summed E-state index contributed by atoms with van der Waals surface area (Å²) in [6.45, 7) is 1.08. The zero-order chi connectivity index (χ0) is 19.1. The van der Waals surface area contributed by atoms with Crippen LogP contribution in [-0.4, -0.2) is 30.1 Å². The lowest BCUT2D eigenvalue weighted by molar-refractivity contribution is 0.0896. The van der Waals surface area contributed by atoms with Gasteiger partial charge in [0.05, 0.1) is 22.9 Å². The number of carbonyl (C=O) groups excluding carboxylic acids is 1. The molecule has 0 bridgehead atoms. The van der Waals surface area contributed by atoms with Gasteiger partial charge in [0.15, 0.2) is 10.9 Å². The number of halogens is 1. The molecule has 2 aromatic heterocycles. The number of fused-ring (bicyclic) bond motifs is 2. The van der Waals surface area contributed by atoms with Crippen molar-refractivity contribution >= 4 is 43.6 Å². The lowest BCUT2D eigenvalue weighted by atomic mass is 10.2. The first-order chi connectivity index (χ1) is 13.7. The lowest BCUT2D eigenvalue weighted by Crippen LogP contribution is -2.37. The highest BCUT2D eigenvalue weighted by molar-refractivity contribution is 7.22. The third-order valence-electron chi connectivity index (χ3n) is 4.86. The van der Waals surface area contributed by atoms with Crippen molar-refractivity contribution in [2.24, 2.45) is 0 Å². The minimum absolute atomic E-state index is 0.0444. The van der Waals surface area contributed by atoms with Gasteiger partial charge in [-0.05, 0) is 43.2 Å². The van der Waals surface area contributed by atoms with Gasteiger partial charge in [-0.3, -0.25) is 9.69 Å². The van der Waals surface area contributed by atoms with Crippen LogP contribution in [0.2, 0.25) is 0 Å². The van der Waals surface area contributed by atoms with Gasteiger partial charge in [-0.25, -0.2) is 9.37 Å². The maximum absolute atomic E-state index is 13.6. The van der Waals surface area contributed by atoms with Gasteiger partial charge in [-0.2, -0.15) is 0 Å². The van der Waals surface area contributed by atoms with E-state index < -0.39 is 0 Å². The number of nitrogens with zero attached hydrogens (tertiary/aromatic N) is 2. The van der Waals surface area contributed by atoms with Crippen LogP contribution in [0.25, 0.3) is 21.2 Å². The summed E-state index contributed by atoms with van der Waals surface area (Å²) in [6.07, 6.45) is 1.82. The summed E-state index contributed by atoms with van der Waals surface area (Å²) in [7, 11) is 0. The summed E-state index contributed by atoms with van der Waals surface area (Å²) < 4.78 is 25.8. The molecule has 0 unspecified atom stereocenters. The number of furan rings is 1. The largest absolute Gasteiger partial charge is 0.451 e. The second kappa shape index (κ2) is 7.00. The first-order valence-corrected chi connectivity index (χ1v) is 9.97. The Hall–Kier alpha value is -2.77. The number of amides is 1. The second-order valence-electron chi connectivity index (χ2n) is 6.81. The molecule has 0 N–H and O–H groups in total. The van der Waals surface area contributed by atoms with Crippen LogP contribution in [0.4, 0.5) is 9.52 Å². The molecule has 1 aliphatic rings. The first-order valence-electron chi connectivity index (χ1n) is 9.15. The Labute approximate surface area is 164 Å². The highest BCUT2D eigenvalue weighted by Gasteiger charge is 2.29. The van der Waals surface area contributed by atoms with Crippen molar-refractivity contribution in [3.05, 3.63) is 60.1 Å². The van der Waals surface area contributed by atoms with Crippen LogP contribution in [-0.2, 0) is 4.74 Å². The molecule has 0 saturated carbocycles. The van der Waals surface area contributed by atoms with Crippen molar-refractivity contribution in [2.75, 3.05) is 18.1 Å². The summed E-state index contributed by atoms with van der Waals surface area (Å²) >= 11 is 1.29. The van der Waals surface area contributed by atoms with E-state index in [0.29, 0.717) is 34.1 Å². The molecule has 1 aliphatic heterocycles. The van der Waals surface area contributed by atoms with Crippen LogP contribution >= 0.6 is 11.3 Å². The van der Waals surface area contributed by atoms with Gasteiger partial charge in [0, 0.05) is 12.0 Å². The van der Waals surface area contributed by atoms with Crippen molar-refractivity contribution in [1.29, 1.82) is 0 Å². The van der Waals surface area contributed by atoms with Gasteiger partial charge in [0.1, 0.15) is 11.4 Å². The van der Waals surface area contributed by atoms with Crippen molar-refractivity contribution in [3.63, 3.8) is 0 Å². The van der Waals surface area contributed by atoms with E-state index in [-0.39, 0.29) is 23.6 Å². The number of anilines is 1. The van der Waals surface area contributed by atoms with Crippen LogP contribution in [0.1, 0.15) is 23.4 Å². The molecular weight excluding hydrogens is 379 g/mol. The fourth-order valence-corrected chi connectivity index (χ4v) is 4.46. The number of aromatic nitrogens is 1. The highest BCUT2D eigenvalue weighted by atomic mass is 32.1. The molecule has 28 heavy (non-hydrogen) atoms. The monoisotopic (exact) mass is 396 g/mol. The number of benzene rings is 2. The van der Waals surface area contributed by atoms with E-state index in [2.05, 4.69) is 4.98 Å². The smallest absolute Gasteiger partial charge is 0.295 e. The van der Waals surface area contributed by atoms with Crippen LogP contribution < -0.4 is 4.90 Å². The molecule has 4 aromatic rings. The van der Waals surface area contributed by atoms with Gasteiger partial charge < -0.3 is 9.15 Å². The van der Waals surface area contributed by atoms with Crippen LogP contribution in [0.5, 0.6) is 0 Å². The van der Waals surface area contributed by atoms with E-state index in [4.69, 9.17) is 9.15 Å². The molecule has 1 fully saturated rings. The minimum Gasteiger partial charge on any atom is -0.451 e. The Bertz CT molecular complexity index is 1130. The summed E-state index contributed by atoms with van der Waals surface area (Å²) in [5.74, 6) is -0.340. The minimum atomic E-state index is -0.322. The standard InChI is InChI=1S/C21H17FN2O3S/c22-14-7-8-16-19(11-14)28-21(23-16)24(12-15-5-3-9-26-15)20(25)18-10-13-4-1-2-6-17(13)27-18/h1-2,4,6-8,10-11,15H,3,5,9,12H2/t15-/m1/s1. The van der Waals surface area contributed by atoms with Gasteiger partial charge in [0.2, 0.25) is 0 Å². The number of carbonyl (C=O) groups is 1. The summed E-state index contributed by atoms with van der Waals surface area (Å²) in [6, 6.07) is 13.7. The Morgan fingerprint density at radius 3 is 2.96 bits per heavy atom. The van der Waals surface area contributed by atoms with Crippen molar-refractivity contribution in [3.8, 4) is 0 Å². The zero-order valence-electron chi connectivity index (χ0n) is 14.9. The first kappa shape index (κ1) is 17.3. The normalized spacial score (nSPS) is 16.8. The lowest BCUT2D eigenvalue weighted by Gasteiger charge is -2.22. The quantitative estimate of drug-likeness (QED) is 0.487. The van der Waals surface area contributed by atoms with E-state index in [9.17, 15) is 9.18 Å². The third kappa shape index (κ3) is 3.16. The third-order valence-corrected chi connectivity index (χ3v) is 5.90. The SMILES string of the molecule is O=C(c1cc2ccccc2o1)N(C[C@H]1CCCO1)c1nc2ccc(F)cc2s1. The van der Waals surface area contributed by atoms with Crippen molar-refractivity contribution in [1.82, 2.24) is 4.98 Å². The van der Waals surface area contributed by atoms with E-state index in [1.807, 2.05) is 24.3 Å². The van der Waals surface area contributed by atoms with Crippen LogP contribution in [0, 0.1) is 5.82 Å². The molecule has 142 valence electrons. The Balaban J connectivity index is 1.55. The number of rotatable bonds is 4. The topological polar surface area (TPSA) is 55.6 Å². The molecule has 3 heterocycles. The fourth-order valence-electron chi connectivity index (χ4n) is 3.46. The summed E-state index contributed by atoms with van der Waals surface area (Å²) in [4.78, 5) is 19.5. The van der Waals surface area contributed by atoms with Crippen LogP contribution in [0.3, 0.4) is 0 Å².